The van der Waals surface area contributed by atoms with Crippen LogP contribution in [0.2, 0.25) is 0 Å². The quantitative estimate of drug-likeness (QED) is 0.214. The minimum Gasteiger partial charge on any atom is -0.493 e. The smallest absolute Gasteiger partial charge is 0.163 e. The Bertz CT molecular complexity index is 872. The monoisotopic (exact) mass is 435 g/mol. The fourth-order valence-corrected chi connectivity index (χ4v) is 3.72. The summed E-state index contributed by atoms with van der Waals surface area (Å²) in [6.07, 6.45) is 8.31. The van der Waals surface area contributed by atoms with Gasteiger partial charge in [0.05, 0.1) is 23.7 Å². The molecule has 2 rings (SSSR count). The molecule has 4 heteroatoms. The number of Topliss-reactive ketones (excluding diaryl/α,β-unsaturated/α-hetero) is 1. The van der Waals surface area contributed by atoms with Crippen molar-refractivity contribution in [2.75, 3.05) is 6.61 Å². The van der Waals surface area contributed by atoms with E-state index in [9.17, 15) is 10.1 Å². The van der Waals surface area contributed by atoms with Crippen molar-refractivity contribution in [3.63, 3.8) is 0 Å². The first kappa shape index (κ1) is 25.5. The zero-order chi connectivity index (χ0) is 23.2. The Labute approximate surface area is 193 Å². The lowest BCUT2D eigenvalue weighted by molar-refractivity contribution is 0.101. The average Bonchev–Trinajstić information content (AvgIpc) is 2.80. The molecule has 2 aromatic carbocycles. The van der Waals surface area contributed by atoms with Crippen LogP contribution in [0.3, 0.4) is 0 Å². The minimum atomic E-state index is -0.220. The van der Waals surface area contributed by atoms with Gasteiger partial charge in [0.15, 0.2) is 5.78 Å². The number of ether oxygens (including phenoxy) is 2. The van der Waals surface area contributed by atoms with Crippen molar-refractivity contribution < 1.29 is 14.3 Å². The molecule has 2 aromatic rings. The SMILES string of the molecule is CCCCCC(C)(C#N)CCCCCOc1cc(OCc2ccccc2)ccc1C(C)=O. The summed E-state index contributed by atoms with van der Waals surface area (Å²) < 4.78 is 11.8. The molecule has 0 aliphatic carbocycles. The number of nitriles is 1. The van der Waals surface area contributed by atoms with Crippen LogP contribution in [0.1, 0.15) is 88.1 Å². The van der Waals surface area contributed by atoms with Gasteiger partial charge in [-0.15, -0.1) is 0 Å². The van der Waals surface area contributed by atoms with Gasteiger partial charge in [0.2, 0.25) is 0 Å². The molecule has 1 unspecified atom stereocenters. The Balaban J connectivity index is 1.82. The topological polar surface area (TPSA) is 59.3 Å². The van der Waals surface area contributed by atoms with Crippen molar-refractivity contribution in [1.29, 1.82) is 5.26 Å². The van der Waals surface area contributed by atoms with E-state index < -0.39 is 0 Å². The standard InChI is InChI=1S/C28H37NO3/c1-4-5-10-17-28(3,22-29)18-11-7-12-19-31-27-20-25(15-16-26(27)23(2)30)32-21-24-13-8-6-9-14-24/h6,8-9,13-16,20H,4-5,7,10-12,17-19,21H2,1-3H3. The molecule has 32 heavy (non-hydrogen) atoms. The van der Waals surface area contributed by atoms with Gasteiger partial charge in [-0.05, 0) is 50.8 Å². The number of unbranched alkanes of at least 4 members (excludes halogenated alkanes) is 4. The van der Waals surface area contributed by atoms with E-state index in [2.05, 4.69) is 19.9 Å². The second kappa shape index (κ2) is 13.6. The van der Waals surface area contributed by atoms with Crippen LogP contribution in [0.25, 0.3) is 0 Å². The Morgan fingerprint density at radius 2 is 1.69 bits per heavy atom. The van der Waals surface area contributed by atoms with E-state index in [-0.39, 0.29) is 11.2 Å². The molecule has 1 atom stereocenters. The third kappa shape index (κ3) is 8.75. The van der Waals surface area contributed by atoms with Gasteiger partial charge in [0, 0.05) is 6.07 Å². The molecular weight excluding hydrogens is 398 g/mol. The van der Waals surface area contributed by atoms with Gasteiger partial charge in [-0.25, -0.2) is 0 Å². The lowest BCUT2D eigenvalue weighted by Crippen LogP contribution is -2.13. The molecule has 172 valence electrons. The molecule has 0 aromatic heterocycles. The van der Waals surface area contributed by atoms with Gasteiger partial charge in [0.25, 0.3) is 0 Å². The molecule has 0 saturated heterocycles. The third-order valence-electron chi connectivity index (χ3n) is 5.81. The van der Waals surface area contributed by atoms with Gasteiger partial charge >= 0.3 is 0 Å². The number of benzene rings is 2. The summed E-state index contributed by atoms with van der Waals surface area (Å²) >= 11 is 0. The lowest BCUT2D eigenvalue weighted by Gasteiger charge is -2.21. The summed E-state index contributed by atoms with van der Waals surface area (Å²) in [5, 5.41) is 9.54. The second-order valence-electron chi connectivity index (χ2n) is 8.78. The number of carbonyl (C=O) groups is 1. The van der Waals surface area contributed by atoms with Crippen molar-refractivity contribution in [3.05, 3.63) is 59.7 Å². The lowest BCUT2D eigenvalue weighted by atomic mass is 9.81. The molecule has 0 amide bonds. The molecule has 0 radical (unpaired) electrons. The summed E-state index contributed by atoms with van der Waals surface area (Å²) in [5.41, 5.74) is 1.44. The zero-order valence-corrected chi connectivity index (χ0v) is 19.9. The van der Waals surface area contributed by atoms with E-state index in [1.54, 1.807) is 19.1 Å². The molecule has 4 nitrogen and oxygen atoms in total. The van der Waals surface area contributed by atoms with E-state index in [0.717, 1.165) is 44.1 Å². The highest BCUT2D eigenvalue weighted by Gasteiger charge is 2.22. The van der Waals surface area contributed by atoms with Crippen LogP contribution < -0.4 is 9.47 Å². The molecule has 0 heterocycles. The average molecular weight is 436 g/mol. The molecule has 0 N–H and O–H groups in total. The number of hydrogen-bond donors (Lipinski definition) is 0. The van der Waals surface area contributed by atoms with E-state index in [1.165, 1.54) is 12.8 Å². The van der Waals surface area contributed by atoms with E-state index in [0.29, 0.717) is 30.3 Å². The first-order valence-corrected chi connectivity index (χ1v) is 11.8. The highest BCUT2D eigenvalue weighted by molar-refractivity contribution is 5.97. The van der Waals surface area contributed by atoms with Crippen LogP contribution in [-0.2, 0) is 6.61 Å². The highest BCUT2D eigenvalue weighted by Crippen LogP contribution is 2.30. The van der Waals surface area contributed by atoms with E-state index in [1.807, 2.05) is 36.4 Å². The highest BCUT2D eigenvalue weighted by atomic mass is 16.5. The van der Waals surface area contributed by atoms with Crippen LogP contribution in [-0.4, -0.2) is 12.4 Å². The first-order valence-electron chi connectivity index (χ1n) is 11.8. The fraction of sp³-hybridized carbons (Fsp3) is 0.500. The van der Waals surface area contributed by atoms with Crippen molar-refractivity contribution >= 4 is 5.78 Å². The van der Waals surface area contributed by atoms with Gasteiger partial charge in [-0.1, -0.05) is 69.4 Å². The van der Waals surface area contributed by atoms with Crippen molar-refractivity contribution in [3.8, 4) is 17.6 Å². The Kier molecular flexibility index (Phi) is 10.8. The summed E-state index contributed by atoms with van der Waals surface area (Å²) in [6.45, 7) is 6.83. The van der Waals surface area contributed by atoms with Crippen LogP contribution >= 0.6 is 0 Å². The third-order valence-corrected chi connectivity index (χ3v) is 5.81. The summed E-state index contributed by atoms with van der Waals surface area (Å²) in [7, 11) is 0. The molecule has 0 fully saturated rings. The van der Waals surface area contributed by atoms with E-state index in [4.69, 9.17) is 9.47 Å². The van der Waals surface area contributed by atoms with Crippen LogP contribution in [0, 0.1) is 16.7 Å². The number of hydrogen-bond acceptors (Lipinski definition) is 4. The zero-order valence-electron chi connectivity index (χ0n) is 19.9. The number of ketones is 1. The van der Waals surface area contributed by atoms with E-state index >= 15 is 0 Å². The Hall–Kier alpha value is -2.80. The van der Waals surface area contributed by atoms with Crippen LogP contribution in [0.15, 0.2) is 48.5 Å². The molecule has 0 aliphatic heterocycles. The molecule has 0 saturated carbocycles. The summed E-state index contributed by atoms with van der Waals surface area (Å²) in [5.74, 6) is 1.24. The maximum absolute atomic E-state index is 12.0. The van der Waals surface area contributed by atoms with Crippen molar-refractivity contribution in [2.24, 2.45) is 5.41 Å². The molecular formula is C28H37NO3. The summed E-state index contributed by atoms with van der Waals surface area (Å²) in [4.78, 5) is 12.0. The van der Waals surface area contributed by atoms with Gasteiger partial charge in [-0.3, -0.25) is 4.79 Å². The normalized spacial score (nSPS) is 12.6. The molecule has 0 bridgehead atoms. The van der Waals surface area contributed by atoms with Gasteiger partial charge in [-0.2, -0.15) is 5.26 Å². The number of carbonyl (C=O) groups excluding carboxylic acids is 1. The largest absolute Gasteiger partial charge is 0.493 e. The van der Waals surface area contributed by atoms with Crippen LogP contribution in [0.4, 0.5) is 0 Å². The summed E-state index contributed by atoms with van der Waals surface area (Å²) in [6, 6.07) is 17.9. The molecule has 0 spiro atoms. The maximum atomic E-state index is 12.0. The van der Waals surface area contributed by atoms with Gasteiger partial charge < -0.3 is 9.47 Å². The predicted octanol–water partition coefficient (Wildman–Crippen LogP) is 7.52. The minimum absolute atomic E-state index is 0.0218. The first-order chi connectivity index (χ1) is 15.5. The Morgan fingerprint density at radius 3 is 2.34 bits per heavy atom. The van der Waals surface area contributed by atoms with Crippen LogP contribution in [0.5, 0.6) is 11.5 Å². The second-order valence-corrected chi connectivity index (χ2v) is 8.78. The van der Waals surface area contributed by atoms with Crippen molar-refractivity contribution in [1.82, 2.24) is 0 Å². The fourth-order valence-electron chi connectivity index (χ4n) is 3.72. The maximum Gasteiger partial charge on any atom is 0.163 e. The number of rotatable bonds is 15. The number of nitrogens with zero attached hydrogens (tertiary/aromatic N) is 1. The van der Waals surface area contributed by atoms with Gasteiger partial charge in [0.1, 0.15) is 18.1 Å². The predicted molar refractivity (Wildman–Crippen MR) is 129 cm³/mol. The Morgan fingerprint density at radius 1 is 0.969 bits per heavy atom. The van der Waals surface area contributed by atoms with Crippen molar-refractivity contribution in [2.45, 2.75) is 78.7 Å². The molecule has 0 aliphatic rings.